The fraction of sp³-hybridized carbons (Fsp3) is 0.368. The zero-order valence-electron chi connectivity index (χ0n) is 14.5. The molecule has 1 atom stereocenters. The zero-order valence-corrected chi connectivity index (χ0v) is 15.4. The molecule has 0 radical (unpaired) electrons. The number of hydrogen-bond donors (Lipinski definition) is 1. The standard InChI is InChI=1S/C19H23N3O3.ClH/c23-19(15-24-11-12-25-17-6-2-1-3-7-17)22-10-9-21-14-18(22)16-5-4-8-20-13-16;/h1-8,13,18,21H,9-12,14-15H2;1H. The number of carbonyl (C=O) groups excluding carboxylic acids is 1. The van der Waals surface area contributed by atoms with E-state index in [0.717, 1.165) is 24.4 Å². The van der Waals surface area contributed by atoms with Crippen LogP contribution in [0.25, 0.3) is 0 Å². The summed E-state index contributed by atoms with van der Waals surface area (Å²) in [5.74, 6) is 0.797. The number of amides is 1. The second kappa shape index (κ2) is 10.8. The normalized spacial score (nSPS) is 16.6. The first-order chi connectivity index (χ1) is 12.3. The van der Waals surface area contributed by atoms with Crippen LogP contribution in [0.1, 0.15) is 11.6 Å². The van der Waals surface area contributed by atoms with Crippen LogP contribution in [0.2, 0.25) is 0 Å². The highest BCUT2D eigenvalue weighted by atomic mass is 35.5. The minimum absolute atomic E-state index is 0. The summed E-state index contributed by atoms with van der Waals surface area (Å²) in [5, 5.41) is 3.33. The fourth-order valence-corrected chi connectivity index (χ4v) is 2.85. The first-order valence-corrected chi connectivity index (χ1v) is 8.50. The van der Waals surface area contributed by atoms with E-state index in [-0.39, 0.29) is 31.0 Å². The molecule has 2 heterocycles. The highest BCUT2D eigenvalue weighted by molar-refractivity contribution is 5.85. The smallest absolute Gasteiger partial charge is 0.249 e. The van der Waals surface area contributed by atoms with Crippen molar-refractivity contribution in [1.29, 1.82) is 0 Å². The lowest BCUT2D eigenvalue weighted by Gasteiger charge is -2.36. The molecule has 1 aliphatic rings. The van der Waals surface area contributed by atoms with Crippen molar-refractivity contribution in [2.24, 2.45) is 0 Å². The van der Waals surface area contributed by atoms with Gasteiger partial charge in [0.2, 0.25) is 5.91 Å². The summed E-state index contributed by atoms with van der Waals surface area (Å²) < 4.78 is 11.1. The SMILES string of the molecule is Cl.O=C(COCCOc1ccccc1)N1CCNCC1c1cccnc1. The number of aromatic nitrogens is 1. The summed E-state index contributed by atoms with van der Waals surface area (Å²) in [4.78, 5) is 18.5. The van der Waals surface area contributed by atoms with Gasteiger partial charge in [-0.3, -0.25) is 9.78 Å². The molecule has 0 aliphatic carbocycles. The Balaban J connectivity index is 0.00000243. The maximum atomic E-state index is 12.5. The molecule has 7 heteroatoms. The molecule has 1 amide bonds. The third kappa shape index (κ3) is 5.69. The quantitative estimate of drug-likeness (QED) is 0.748. The lowest BCUT2D eigenvalue weighted by molar-refractivity contribution is -0.139. The number of pyridine rings is 1. The van der Waals surface area contributed by atoms with Crippen molar-refractivity contribution < 1.29 is 14.3 Å². The van der Waals surface area contributed by atoms with Crippen molar-refractivity contribution in [3.63, 3.8) is 0 Å². The Labute approximate surface area is 159 Å². The summed E-state index contributed by atoms with van der Waals surface area (Å²) >= 11 is 0. The monoisotopic (exact) mass is 377 g/mol. The molecule has 140 valence electrons. The third-order valence-corrected chi connectivity index (χ3v) is 4.10. The first kappa shape index (κ1) is 20.2. The predicted octanol–water partition coefficient (Wildman–Crippen LogP) is 2.07. The Hall–Kier alpha value is -2.15. The van der Waals surface area contributed by atoms with Crippen molar-refractivity contribution >= 4 is 18.3 Å². The third-order valence-electron chi connectivity index (χ3n) is 4.10. The van der Waals surface area contributed by atoms with E-state index in [4.69, 9.17) is 9.47 Å². The van der Waals surface area contributed by atoms with Gasteiger partial charge < -0.3 is 19.7 Å². The molecule has 3 rings (SSSR count). The molecule has 1 N–H and O–H groups in total. The number of nitrogens with one attached hydrogen (secondary N) is 1. The number of para-hydroxylation sites is 1. The van der Waals surface area contributed by atoms with E-state index in [1.54, 1.807) is 6.20 Å². The van der Waals surface area contributed by atoms with Gasteiger partial charge in [-0.2, -0.15) is 0 Å². The zero-order chi connectivity index (χ0) is 17.3. The van der Waals surface area contributed by atoms with Crippen LogP contribution in [0.15, 0.2) is 54.9 Å². The van der Waals surface area contributed by atoms with Crippen LogP contribution in [0.4, 0.5) is 0 Å². The molecule has 0 bridgehead atoms. The molecule has 1 aromatic heterocycles. The largest absolute Gasteiger partial charge is 0.491 e. The summed E-state index contributed by atoms with van der Waals surface area (Å²) in [6.45, 7) is 3.06. The van der Waals surface area contributed by atoms with Crippen LogP contribution in [0.3, 0.4) is 0 Å². The van der Waals surface area contributed by atoms with Crippen molar-refractivity contribution in [3.05, 3.63) is 60.4 Å². The molecular weight excluding hydrogens is 354 g/mol. The van der Waals surface area contributed by atoms with E-state index in [1.165, 1.54) is 0 Å². The number of rotatable bonds is 7. The Morgan fingerprint density at radius 1 is 1.19 bits per heavy atom. The molecule has 1 unspecified atom stereocenters. The first-order valence-electron chi connectivity index (χ1n) is 8.50. The number of carbonyl (C=O) groups is 1. The van der Waals surface area contributed by atoms with E-state index < -0.39 is 0 Å². The number of piperazine rings is 1. The average Bonchev–Trinajstić information content (AvgIpc) is 2.69. The summed E-state index contributed by atoms with van der Waals surface area (Å²) in [7, 11) is 0. The second-order valence-electron chi connectivity index (χ2n) is 5.81. The molecule has 1 aromatic carbocycles. The Bertz CT molecular complexity index is 658. The van der Waals surface area contributed by atoms with Crippen LogP contribution < -0.4 is 10.1 Å². The van der Waals surface area contributed by atoms with Gasteiger partial charge in [0, 0.05) is 32.0 Å². The Morgan fingerprint density at radius 2 is 2.04 bits per heavy atom. The molecule has 1 saturated heterocycles. The van der Waals surface area contributed by atoms with Crippen LogP contribution >= 0.6 is 12.4 Å². The van der Waals surface area contributed by atoms with E-state index in [0.29, 0.717) is 19.8 Å². The predicted molar refractivity (Wildman–Crippen MR) is 102 cm³/mol. The van der Waals surface area contributed by atoms with Gasteiger partial charge in [0.1, 0.15) is 19.0 Å². The van der Waals surface area contributed by atoms with Crippen molar-refractivity contribution in [2.45, 2.75) is 6.04 Å². The van der Waals surface area contributed by atoms with Crippen LogP contribution in [-0.2, 0) is 9.53 Å². The molecule has 2 aromatic rings. The minimum atomic E-state index is -0.00457. The van der Waals surface area contributed by atoms with Gasteiger partial charge in [0.25, 0.3) is 0 Å². The van der Waals surface area contributed by atoms with Gasteiger partial charge in [-0.15, -0.1) is 12.4 Å². The number of halogens is 1. The fourth-order valence-electron chi connectivity index (χ4n) is 2.85. The minimum Gasteiger partial charge on any atom is -0.491 e. The molecular formula is C19H24ClN3O3. The van der Waals surface area contributed by atoms with E-state index in [2.05, 4.69) is 10.3 Å². The summed E-state index contributed by atoms with van der Waals surface area (Å²) in [6.07, 6.45) is 3.55. The molecule has 1 aliphatic heterocycles. The second-order valence-corrected chi connectivity index (χ2v) is 5.81. The summed E-state index contributed by atoms with van der Waals surface area (Å²) in [6, 6.07) is 13.5. The molecule has 26 heavy (non-hydrogen) atoms. The van der Waals surface area contributed by atoms with Gasteiger partial charge in [0.05, 0.1) is 12.6 Å². The number of ether oxygens (including phenoxy) is 2. The van der Waals surface area contributed by atoms with Crippen LogP contribution in [0.5, 0.6) is 5.75 Å². The van der Waals surface area contributed by atoms with E-state index in [9.17, 15) is 4.79 Å². The van der Waals surface area contributed by atoms with Crippen molar-refractivity contribution in [1.82, 2.24) is 15.2 Å². The number of hydrogen-bond acceptors (Lipinski definition) is 5. The molecule has 0 spiro atoms. The van der Waals surface area contributed by atoms with Gasteiger partial charge in [-0.1, -0.05) is 24.3 Å². The molecule has 6 nitrogen and oxygen atoms in total. The highest BCUT2D eigenvalue weighted by Gasteiger charge is 2.27. The lowest BCUT2D eigenvalue weighted by atomic mass is 10.1. The van der Waals surface area contributed by atoms with Gasteiger partial charge >= 0.3 is 0 Å². The van der Waals surface area contributed by atoms with Gasteiger partial charge in [-0.05, 0) is 23.8 Å². The highest BCUT2D eigenvalue weighted by Crippen LogP contribution is 2.21. The topological polar surface area (TPSA) is 63.7 Å². The Morgan fingerprint density at radius 3 is 2.81 bits per heavy atom. The molecule has 0 saturated carbocycles. The van der Waals surface area contributed by atoms with Crippen LogP contribution in [-0.4, -0.2) is 55.2 Å². The van der Waals surface area contributed by atoms with Gasteiger partial charge in [-0.25, -0.2) is 0 Å². The lowest BCUT2D eigenvalue weighted by Crippen LogP contribution is -2.49. The number of benzene rings is 1. The molecule has 1 fully saturated rings. The Kier molecular flexibility index (Phi) is 8.34. The number of nitrogens with zero attached hydrogens (tertiary/aromatic N) is 2. The van der Waals surface area contributed by atoms with E-state index >= 15 is 0 Å². The van der Waals surface area contributed by atoms with E-state index in [1.807, 2.05) is 53.6 Å². The summed E-state index contributed by atoms with van der Waals surface area (Å²) in [5.41, 5.74) is 1.04. The maximum Gasteiger partial charge on any atom is 0.249 e. The van der Waals surface area contributed by atoms with Crippen molar-refractivity contribution in [2.75, 3.05) is 39.5 Å². The van der Waals surface area contributed by atoms with Gasteiger partial charge in [0.15, 0.2) is 0 Å². The maximum absolute atomic E-state index is 12.5. The van der Waals surface area contributed by atoms with Crippen molar-refractivity contribution in [3.8, 4) is 5.75 Å². The van der Waals surface area contributed by atoms with Crippen LogP contribution in [0, 0.1) is 0 Å². The average molecular weight is 378 g/mol.